The van der Waals surface area contributed by atoms with Gasteiger partial charge in [0.1, 0.15) is 5.82 Å². The smallest absolute Gasteiger partial charge is 0.241 e. The van der Waals surface area contributed by atoms with Crippen molar-refractivity contribution in [2.45, 2.75) is 74.7 Å². The molecule has 2 aliphatic heterocycles. The molecule has 2 aromatic carbocycles. The molecule has 4 N–H and O–H groups in total. The summed E-state index contributed by atoms with van der Waals surface area (Å²) >= 11 is 6.12. The van der Waals surface area contributed by atoms with Gasteiger partial charge in [-0.05, 0) is 81.2 Å². The number of hydrogen-bond acceptors (Lipinski definition) is 6. The molecule has 5 rings (SSSR count). The summed E-state index contributed by atoms with van der Waals surface area (Å²) in [6.07, 6.45) is 3.66. The molecule has 1 saturated carbocycles. The average molecular weight is 607 g/mol. The number of rotatable bonds is 10. The summed E-state index contributed by atoms with van der Waals surface area (Å²) in [5, 5.41) is 6.53. The lowest BCUT2D eigenvalue weighted by atomic mass is 9.76. The van der Waals surface area contributed by atoms with Crippen LogP contribution in [0.4, 0.5) is 10.1 Å². The van der Waals surface area contributed by atoms with Crippen LogP contribution in [0.2, 0.25) is 5.02 Å². The molecule has 0 unspecified atom stereocenters. The second kappa shape index (κ2) is 13.1. The van der Waals surface area contributed by atoms with E-state index in [9.17, 15) is 13.2 Å². The minimum Gasteiger partial charge on any atom is -0.381 e. The summed E-state index contributed by atoms with van der Waals surface area (Å²) in [5.41, 5.74) is 8.29. The van der Waals surface area contributed by atoms with Gasteiger partial charge in [0, 0.05) is 60.6 Å². The van der Waals surface area contributed by atoms with Gasteiger partial charge in [-0.3, -0.25) is 4.79 Å². The Hall–Kier alpha value is -2.08. The lowest BCUT2D eigenvalue weighted by Crippen LogP contribution is -2.59. The Morgan fingerprint density at radius 1 is 1.15 bits per heavy atom. The van der Waals surface area contributed by atoms with Crippen LogP contribution in [0, 0.1) is 11.7 Å². The molecule has 3 fully saturated rings. The van der Waals surface area contributed by atoms with E-state index in [-0.39, 0.29) is 35.6 Å². The van der Waals surface area contributed by atoms with E-state index >= 15 is 4.39 Å². The predicted molar refractivity (Wildman–Crippen MR) is 159 cm³/mol. The summed E-state index contributed by atoms with van der Waals surface area (Å²) < 4.78 is 48.8. The van der Waals surface area contributed by atoms with Gasteiger partial charge in [-0.15, -0.1) is 0 Å². The van der Waals surface area contributed by atoms with Crippen molar-refractivity contribution < 1.29 is 22.3 Å². The Kier molecular flexibility index (Phi) is 9.67. The van der Waals surface area contributed by atoms with E-state index in [1.807, 2.05) is 19.1 Å². The van der Waals surface area contributed by atoms with Crippen molar-refractivity contribution in [2.24, 2.45) is 11.7 Å². The van der Waals surface area contributed by atoms with Gasteiger partial charge in [0.15, 0.2) is 0 Å². The highest BCUT2D eigenvalue weighted by atomic mass is 35.5. The second-order valence-electron chi connectivity index (χ2n) is 11.6. The van der Waals surface area contributed by atoms with Crippen molar-refractivity contribution in [3.63, 3.8) is 0 Å². The lowest BCUT2D eigenvalue weighted by Gasteiger charge is -2.40. The van der Waals surface area contributed by atoms with Crippen molar-refractivity contribution in [1.29, 1.82) is 0 Å². The van der Waals surface area contributed by atoms with Gasteiger partial charge >= 0.3 is 0 Å². The molecular formula is C30H40ClFN4O4S. The van der Waals surface area contributed by atoms with E-state index in [4.69, 9.17) is 22.1 Å². The highest BCUT2D eigenvalue weighted by Gasteiger charge is 2.45. The number of sulfonamides is 1. The minimum absolute atomic E-state index is 0.151. The Labute approximate surface area is 247 Å². The van der Waals surface area contributed by atoms with Gasteiger partial charge in [0.2, 0.25) is 15.9 Å². The van der Waals surface area contributed by atoms with Crippen LogP contribution in [-0.2, 0) is 26.0 Å². The van der Waals surface area contributed by atoms with Crippen molar-refractivity contribution in [2.75, 3.05) is 31.6 Å². The fourth-order valence-corrected chi connectivity index (χ4v) is 8.75. The molecule has 4 atom stereocenters. The number of nitrogens with zero attached hydrogens (tertiary/aromatic N) is 1. The topological polar surface area (TPSA) is 114 Å². The number of anilines is 1. The van der Waals surface area contributed by atoms with Gasteiger partial charge in [0.05, 0.1) is 11.3 Å². The number of hydrogen-bond donors (Lipinski definition) is 3. The lowest BCUT2D eigenvalue weighted by molar-refractivity contribution is -0.118. The van der Waals surface area contributed by atoms with Gasteiger partial charge in [-0.2, -0.15) is 4.31 Å². The number of carbonyl (C=O) groups excluding carboxylic acids is 1. The third kappa shape index (κ3) is 6.95. The van der Waals surface area contributed by atoms with E-state index in [0.29, 0.717) is 61.8 Å². The zero-order valence-corrected chi connectivity index (χ0v) is 25.0. The zero-order chi connectivity index (χ0) is 29.1. The largest absolute Gasteiger partial charge is 0.381 e. The van der Waals surface area contributed by atoms with E-state index in [1.165, 1.54) is 6.07 Å². The second-order valence-corrected chi connectivity index (χ2v) is 14.1. The molecule has 224 valence electrons. The molecule has 0 spiro atoms. The predicted octanol–water partition coefficient (Wildman–Crippen LogP) is 4.04. The fourth-order valence-electron chi connectivity index (χ4n) is 6.38. The first-order chi connectivity index (χ1) is 19.7. The molecular weight excluding hydrogens is 567 g/mol. The molecule has 3 aliphatic rings. The van der Waals surface area contributed by atoms with Crippen LogP contribution in [0.5, 0.6) is 0 Å². The minimum atomic E-state index is -3.40. The Bertz CT molecular complexity index is 1320. The number of piperazine rings is 1. The number of carbonyl (C=O) groups is 1. The maximum absolute atomic E-state index is 15.2. The molecule has 1 aliphatic carbocycles. The summed E-state index contributed by atoms with van der Waals surface area (Å²) in [6, 6.07) is 10.7. The third-order valence-electron chi connectivity index (χ3n) is 8.68. The molecule has 0 radical (unpaired) electrons. The van der Waals surface area contributed by atoms with E-state index < -0.39 is 27.8 Å². The maximum atomic E-state index is 15.2. The number of ether oxygens (including phenoxy) is 1. The normalized spacial score (nSPS) is 24.1. The molecule has 2 saturated heterocycles. The van der Waals surface area contributed by atoms with E-state index in [2.05, 4.69) is 10.6 Å². The first kappa shape index (κ1) is 30.4. The SMILES string of the molecule is C[C@H]1CNC[C@H](CCc2c(F)cccc2NC(=O)[C@@H](N)[C@@H](c2ccc(Cl)cc2)C2CCOCC2)N1S(=O)(=O)C1CC1. The molecule has 2 aromatic rings. The fraction of sp³-hybridized carbons (Fsp3) is 0.567. The van der Waals surface area contributed by atoms with Crippen LogP contribution in [0.15, 0.2) is 42.5 Å². The summed E-state index contributed by atoms with van der Waals surface area (Å²) in [4.78, 5) is 13.6. The van der Waals surface area contributed by atoms with Crippen LogP contribution in [0.1, 0.15) is 56.1 Å². The Morgan fingerprint density at radius 2 is 1.85 bits per heavy atom. The molecule has 0 aromatic heterocycles. The molecule has 11 heteroatoms. The number of nitrogens with one attached hydrogen (secondary N) is 2. The van der Waals surface area contributed by atoms with Crippen LogP contribution in [0.3, 0.4) is 0 Å². The van der Waals surface area contributed by atoms with Crippen LogP contribution in [-0.4, -0.2) is 68.3 Å². The Morgan fingerprint density at radius 3 is 2.54 bits per heavy atom. The molecule has 8 nitrogen and oxygen atoms in total. The summed E-state index contributed by atoms with van der Waals surface area (Å²) in [5.74, 6) is -0.945. The highest BCUT2D eigenvalue weighted by Crippen LogP contribution is 2.37. The van der Waals surface area contributed by atoms with Crippen LogP contribution >= 0.6 is 11.6 Å². The highest BCUT2D eigenvalue weighted by molar-refractivity contribution is 7.90. The number of amides is 1. The summed E-state index contributed by atoms with van der Waals surface area (Å²) in [7, 11) is -3.40. The standard InChI is InChI=1S/C30H40ClFN4O4S/c1-19-17-34-18-23(36(19)41(38,39)24-10-11-24)9-12-25-26(32)3-2-4-27(25)35-30(37)29(33)28(21-13-15-40-16-14-21)20-5-7-22(31)8-6-20/h2-8,19,21,23-24,28-29,34H,9-18,33H2,1H3,(H,35,37)/t19-,23-,28-,29-/m0/s1. The number of benzene rings is 2. The van der Waals surface area contributed by atoms with Crippen molar-refractivity contribution >= 4 is 33.2 Å². The first-order valence-corrected chi connectivity index (χ1v) is 16.4. The van der Waals surface area contributed by atoms with Gasteiger partial charge in [0.25, 0.3) is 0 Å². The Balaban J connectivity index is 1.33. The van der Waals surface area contributed by atoms with Crippen molar-refractivity contribution in [1.82, 2.24) is 9.62 Å². The van der Waals surface area contributed by atoms with E-state index in [0.717, 1.165) is 18.4 Å². The molecule has 2 heterocycles. The maximum Gasteiger partial charge on any atom is 0.241 e. The van der Waals surface area contributed by atoms with Crippen LogP contribution < -0.4 is 16.4 Å². The number of nitrogens with two attached hydrogens (primary N) is 1. The zero-order valence-electron chi connectivity index (χ0n) is 23.4. The molecule has 1 amide bonds. The monoisotopic (exact) mass is 606 g/mol. The average Bonchev–Trinajstić information content (AvgIpc) is 3.81. The van der Waals surface area contributed by atoms with Crippen molar-refractivity contribution in [3.05, 3.63) is 64.4 Å². The van der Waals surface area contributed by atoms with Crippen LogP contribution in [0.25, 0.3) is 0 Å². The first-order valence-electron chi connectivity index (χ1n) is 14.6. The van der Waals surface area contributed by atoms with Gasteiger partial charge < -0.3 is 21.1 Å². The summed E-state index contributed by atoms with van der Waals surface area (Å²) in [6.45, 7) is 4.22. The number of halogens is 2. The van der Waals surface area contributed by atoms with E-state index in [1.54, 1.807) is 28.6 Å². The molecule has 0 bridgehead atoms. The molecule has 41 heavy (non-hydrogen) atoms. The van der Waals surface area contributed by atoms with Gasteiger partial charge in [-0.1, -0.05) is 29.8 Å². The third-order valence-corrected chi connectivity index (χ3v) is 11.5. The van der Waals surface area contributed by atoms with Gasteiger partial charge in [-0.25, -0.2) is 12.8 Å². The quantitative estimate of drug-likeness (QED) is 0.376. The van der Waals surface area contributed by atoms with Crippen molar-refractivity contribution in [3.8, 4) is 0 Å².